The first-order valence-electron chi connectivity index (χ1n) is 4.95. The highest BCUT2D eigenvalue weighted by Crippen LogP contribution is 2.27. The Labute approximate surface area is 86.8 Å². The Morgan fingerprint density at radius 2 is 2.33 bits per heavy atom. The van der Waals surface area contributed by atoms with Gasteiger partial charge in [0.2, 0.25) is 0 Å². The van der Waals surface area contributed by atoms with Crippen LogP contribution in [0.3, 0.4) is 0 Å². The molecule has 1 amide bonds. The van der Waals surface area contributed by atoms with Crippen LogP contribution in [-0.2, 0) is 4.74 Å². The van der Waals surface area contributed by atoms with Crippen LogP contribution in [0.2, 0.25) is 0 Å². The first-order chi connectivity index (χ1) is 6.97. The van der Waals surface area contributed by atoms with E-state index >= 15 is 0 Å². The Morgan fingerprint density at radius 3 is 2.80 bits per heavy atom. The first kappa shape index (κ1) is 12.2. The summed E-state index contributed by atoms with van der Waals surface area (Å²) in [5.74, 6) is -3.22. The van der Waals surface area contributed by atoms with Gasteiger partial charge in [-0.05, 0) is 6.42 Å². The lowest BCUT2D eigenvalue weighted by molar-refractivity contribution is -0.0729. The second-order valence-corrected chi connectivity index (χ2v) is 3.63. The highest BCUT2D eigenvalue weighted by molar-refractivity contribution is 5.68. The van der Waals surface area contributed by atoms with Crippen LogP contribution < -0.4 is 0 Å². The summed E-state index contributed by atoms with van der Waals surface area (Å²) < 4.78 is 30.4. The number of carbonyl (C=O) groups is 1. The van der Waals surface area contributed by atoms with E-state index < -0.39 is 24.7 Å². The number of β-amino-alcohol motifs (C(OH)–C–C–N with tert-alkyl or cyclic N) is 1. The summed E-state index contributed by atoms with van der Waals surface area (Å²) in [6.07, 6.45) is -0.985. The number of rotatable bonds is 3. The van der Waals surface area contributed by atoms with Crippen LogP contribution in [0, 0.1) is 0 Å². The van der Waals surface area contributed by atoms with Gasteiger partial charge in [0.25, 0.3) is 5.92 Å². The van der Waals surface area contributed by atoms with Crippen molar-refractivity contribution < 1.29 is 23.4 Å². The maximum absolute atomic E-state index is 12.8. The van der Waals surface area contributed by atoms with Crippen molar-refractivity contribution in [3.63, 3.8) is 0 Å². The van der Waals surface area contributed by atoms with Crippen LogP contribution >= 0.6 is 0 Å². The van der Waals surface area contributed by atoms with Gasteiger partial charge in [0.05, 0.1) is 19.7 Å². The number of aliphatic hydroxyl groups excluding tert-OH is 1. The SMILES string of the molecule is CCCCOC(=O)N1CC(O)C(F)(F)C1. The number of carbonyl (C=O) groups excluding carboxylic acids is 1. The molecule has 0 aromatic heterocycles. The molecule has 6 heteroatoms. The van der Waals surface area contributed by atoms with Crippen LogP contribution in [-0.4, -0.2) is 47.8 Å². The summed E-state index contributed by atoms with van der Waals surface area (Å²) in [6.45, 7) is 1.03. The normalized spacial score (nSPS) is 24.3. The fraction of sp³-hybridized carbons (Fsp3) is 0.889. The minimum absolute atomic E-state index is 0.230. The molecule has 0 aromatic rings. The van der Waals surface area contributed by atoms with E-state index in [-0.39, 0.29) is 13.2 Å². The molecule has 0 aromatic carbocycles. The lowest BCUT2D eigenvalue weighted by Crippen LogP contribution is -2.32. The smallest absolute Gasteiger partial charge is 0.410 e. The quantitative estimate of drug-likeness (QED) is 0.732. The molecule has 1 aliphatic rings. The number of halogens is 2. The van der Waals surface area contributed by atoms with Gasteiger partial charge in [0.1, 0.15) is 6.10 Å². The van der Waals surface area contributed by atoms with Crippen molar-refractivity contribution in [2.75, 3.05) is 19.7 Å². The predicted molar refractivity (Wildman–Crippen MR) is 48.8 cm³/mol. The number of hydrogen-bond donors (Lipinski definition) is 1. The molecule has 0 radical (unpaired) electrons. The van der Waals surface area contributed by atoms with E-state index in [0.717, 1.165) is 11.3 Å². The van der Waals surface area contributed by atoms with Crippen LogP contribution in [0.25, 0.3) is 0 Å². The Balaban J connectivity index is 2.36. The third-order valence-electron chi connectivity index (χ3n) is 2.26. The zero-order valence-corrected chi connectivity index (χ0v) is 8.58. The average Bonchev–Trinajstić information content (AvgIpc) is 2.42. The summed E-state index contributed by atoms with van der Waals surface area (Å²) in [7, 11) is 0. The standard InChI is InChI=1S/C9H15F2NO3/c1-2-3-4-15-8(14)12-5-7(13)9(10,11)6-12/h7,13H,2-6H2,1H3. The number of amides is 1. The van der Waals surface area contributed by atoms with Crippen molar-refractivity contribution in [1.82, 2.24) is 4.90 Å². The summed E-state index contributed by atoms with van der Waals surface area (Å²) in [6, 6.07) is 0. The maximum Gasteiger partial charge on any atom is 0.410 e. The fourth-order valence-corrected chi connectivity index (χ4v) is 1.30. The van der Waals surface area contributed by atoms with Gasteiger partial charge < -0.3 is 9.84 Å². The summed E-state index contributed by atoms with van der Waals surface area (Å²) in [5.41, 5.74) is 0. The third kappa shape index (κ3) is 3.02. The van der Waals surface area contributed by atoms with Gasteiger partial charge in [-0.3, -0.25) is 4.90 Å². The van der Waals surface area contributed by atoms with E-state index in [1.807, 2.05) is 6.92 Å². The van der Waals surface area contributed by atoms with Gasteiger partial charge in [-0.1, -0.05) is 13.3 Å². The molecule has 0 bridgehead atoms. The molecule has 1 atom stereocenters. The van der Waals surface area contributed by atoms with Crippen molar-refractivity contribution >= 4 is 6.09 Å². The zero-order chi connectivity index (χ0) is 11.5. The molecule has 1 N–H and O–H groups in total. The van der Waals surface area contributed by atoms with Crippen molar-refractivity contribution in [2.24, 2.45) is 0 Å². The molecule has 1 saturated heterocycles. The second-order valence-electron chi connectivity index (χ2n) is 3.63. The van der Waals surface area contributed by atoms with Gasteiger partial charge in [0.15, 0.2) is 0 Å². The van der Waals surface area contributed by atoms with E-state index in [0.29, 0.717) is 6.42 Å². The van der Waals surface area contributed by atoms with Crippen molar-refractivity contribution in [3.8, 4) is 0 Å². The molecule has 1 aliphatic heterocycles. The number of hydrogen-bond acceptors (Lipinski definition) is 3. The van der Waals surface area contributed by atoms with Crippen LogP contribution in [0.4, 0.5) is 13.6 Å². The average molecular weight is 223 g/mol. The van der Waals surface area contributed by atoms with Gasteiger partial charge in [-0.2, -0.15) is 0 Å². The molecule has 4 nitrogen and oxygen atoms in total. The lowest BCUT2D eigenvalue weighted by Gasteiger charge is -2.15. The molecule has 1 heterocycles. The van der Waals surface area contributed by atoms with E-state index in [1.165, 1.54) is 0 Å². The van der Waals surface area contributed by atoms with E-state index in [1.54, 1.807) is 0 Å². The molecule has 0 aliphatic carbocycles. The molecule has 88 valence electrons. The van der Waals surface area contributed by atoms with Gasteiger partial charge in [-0.15, -0.1) is 0 Å². The molecular formula is C9H15F2NO3. The Kier molecular flexibility index (Phi) is 3.84. The minimum atomic E-state index is -3.22. The number of ether oxygens (including phenoxy) is 1. The Hall–Kier alpha value is -0.910. The third-order valence-corrected chi connectivity index (χ3v) is 2.26. The molecule has 1 fully saturated rings. The van der Waals surface area contributed by atoms with Crippen LogP contribution in [0.15, 0.2) is 0 Å². The lowest BCUT2D eigenvalue weighted by atomic mass is 10.2. The predicted octanol–water partition coefficient (Wildman–Crippen LogP) is 1.23. The van der Waals surface area contributed by atoms with Crippen molar-refractivity contribution in [3.05, 3.63) is 0 Å². The largest absolute Gasteiger partial charge is 0.449 e. The maximum atomic E-state index is 12.8. The monoisotopic (exact) mass is 223 g/mol. The van der Waals surface area contributed by atoms with Gasteiger partial charge in [-0.25, -0.2) is 13.6 Å². The first-order valence-corrected chi connectivity index (χ1v) is 4.95. The zero-order valence-electron chi connectivity index (χ0n) is 8.58. The molecule has 15 heavy (non-hydrogen) atoms. The molecular weight excluding hydrogens is 208 g/mol. The minimum Gasteiger partial charge on any atom is -0.449 e. The second kappa shape index (κ2) is 4.74. The molecule has 1 unspecified atom stereocenters. The Morgan fingerprint density at radius 1 is 1.67 bits per heavy atom. The van der Waals surface area contributed by atoms with Crippen LogP contribution in [0.1, 0.15) is 19.8 Å². The number of alkyl halides is 2. The summed E-state index contributed by atoms with van der Waals surface area (Å²) in [5, 5.41) is 8.95. The number of likely N-dealkylation sites (tertiary alicyclic amines) is 1. The van der Waals surface area contributed by atoms with E-state index in [4.69, 9.17) is 9.84 Å². The fourth-order valence-electron chi connectivity index (χ4n) is 1.30. The van der Waals surface area contributed by atoms with Crippen molar-refractivity contribution in [2.45, 2.75) is 31.8 Å². The molecule has 0 spiro atoms. The Bertz CT molecular complexity index is 235. The van der Waals surface area contributed by atoms with E-state index in [2.05, 4.69) is 0 Å². The van der Waals surface area contributed by atoms with E-state index in [9.17, 15) is 13.6 Å². The molecule has 1 rings (SSSR count). The number of aliphatic hydroxyl groups is 1. The summed E-state index contributed by atoms with van der Waals surface area (Å²) in [4.78, 5) is 12.0. The highest BCUT2D eigenvalue weighted by Gasteiger charge is 2.49. The van der Waals surface area contributed by atoms with Gasteiger partial charge >= 0.3 is 6.09 Å². The van der Waals surface area contributed by atoms with Gasteiger partial charge in [0, 0.05) is 0 Å². The topological polar surface area (TPSA) is 49.8 Å². The molecule has 0 saturated carbocycles. The number of unbranched alkanes of at least 4 members (excludes halogenated alkanes) is 1. The highest BCUT2D eigenvalue weighted by atomic mass is 19.3. The van der Waals surface area contributed by atoms with Crippen molar-refractivity contribution in [1.29, 1.82) is 0 Å². The van der Waals surface area contributed by atoms with Crippen LogP contribution in [0.5, 0.6) is 0 Å². The summed E-state index contributed by atoms with van der Waals surface area (Å²) >= 11 is 0. The number of nitrogens with zero attached hydrogens (tertiary/aromatic N) is 1.